The highest BCUT2D eigenvalue weighted by Gasteiger charge is 2.51. The van der Waals surface area contributed by atoms with Crippen molar-refractivity contribution in [2.45, 2.75) is 18.0 Å². The fraction of sp³-hybridized carbons (Fsp3) is 0.0462. The summed E-state index contributed by atoms with van der Waals surface area (Å²) in [5.41, 5.74) is 22.9. The molecule has 11 aromatic rings. The summed E-state index contributed by atoms with van der Waals surface area (Å²) in [6, 6.07) is 85.4. The molecule has 0 radical (unpaired) electrons. The van der Waals surface area contributed by atoms with Crippen molar-refractivity contribution in [3.8, 4) is 44.9 Å². The summed E-state index contributed by atoms with van der Waals surface area (Å²) in [4.78, 5) is 0. The van der Waals surface area contributed by atoms with Crippen LogP contribution >= 0.6 is 0 Å². The Kier molecular flexibility index (Phi) is 9.45. The number of nitrogens with two attached hydrogens (primary N) is 1. The number of allylic oxidation sites excluding steroid dienone is 1. The Hall–Kier alpha value is -8.50. The normalized spacial score (nSPS) is 13.7. The van der Waals surface area contributed by atoms with Gasteiger partial charge in [0.15, 0.2) is 0 Å². The maximum Gasteiger partial charge on any atom is 0.132 e. The molecule has 68 heavy (non-hydrogen) atoms. The molecule has 11 aromatic carbocycles. The molecule has 3 N–H and O–H groups in total. The van der Waals surface area contributed by atoms with E-state index in [1.807, 2.05) is 0 Å². The van der Waals surface area contributed by atoms with Crippen LogP contribution in [0.15, 0.2) is 243 Å². The summed E-state index contributed by atoms with van der Waals surface area (Å²) in [6.45, 7) is 0. The minimum atomic E-state index is -0.589. The van der Waals surface area contributed by atoms with E-state index in [0.29, 0.717) is 6.42 Å². The van der Waals surface area contributed by atoms with Crippen molar-refractivity contribution in [3.05, 3.63) is 282 Å². The van der Waals surface area contributed by atoms with E-state index in [4.69, 9.17) is 10.5 Å². The van der Waals surface area contributed by atoms with Gasteiger partial charge in [-0.1, -0.05) is 212 Å². The van der Waals surface area contributed by atoms with E-state index in [9.17, 15) is 0 Å². The monoisotopic (exact) mass is 870 g/mol. The molecular weight excluding hydrogens is 825 g/mol. The Morgan fingerprint density at radius 3 is 1.85 bits per heavy atom. The molecule has 13 rings (SSSR count). The maximum atomic E-state index is 7.32. The second-order valence-electron chi connectivity index (χ2n) is 18.1. The van der Waals surface area contributed by atoms with Crippen LogP contribution in [-0.2, 0) is 11.8 Å². The minimum Gasteiger partial charge on any atom is -0.457 e. The number of hydrogen-bond donors (Lipinski definition) is 2. The SMILES string of the molecule is NC(N/C(=C\Cc1ccc(-c2c3ccccc3cc3c2ccc2ccccc23)cc1)c1ccc2c(c1)C1(c3ccccc3O2)c2ccccc2-c2ccccc21)c1ccccc1-c1ccccc1. The molecule has 0 saturated carbocycles. The number of para-hydroxylation sites is 1. The van der Waals surface area contributed by atoms with Crippen molar-refractivity contribution in [2.75, 3.05) is 0 Å². The molecule has 322 valence electrons. The summed E-state index contributed by atoms with van der Waals surface area (Å²) in [6.07, 6.45) is 2.48. The van der Waals surface area contributed by atoms with E-state index in [-0.39, 0.29) is 0 Å². The van der Waals surface area contributed by atoms with Gasteiger partial charge in [0, 0.05) is 16.8 Å². The van der Waals surface area contributed by atoms with Crippen LogP contribution in [-0.4, -0.2) is 0 Å². The topological polar surface area (TPSA) is 47.3 Å². The van der Waals surface area contributed by atoms with Crippen molar-refractivity contribution < 1.29 is 4.74 Å². The second-order valence-corrected chi connectivity index (χ2v) is 18.1. The third kappa shape index (κ3) is 6.31. The minimum absolute atomic E-state index is 0.509. The molecule has 0 saturated heterocycles. The zero-order chi connectivity index (χ0) is 45.2. The molecule has 1 heterocycles. The summed E-state index contributed by atoms with van der Waals surface area (Å²) in [5, 5.41) is 11.4. The quantitative estimate of drug-likeness (QED) is 0.0908. The highest BCUT2D eigenvalue weighted by atomic mass is 16.5. The van der Waals surface area contributed by atoms with Gasteiger partial charge >= 0.3 is 0 Å². The Balaban J connectivity index is 0.942. The molecule has 1 aliphatic heterocycles. The second kappa shape index (κ2) is 16.1. The number of hydrogen-bond acceptors (Lipinski definition) is 3. The lowest BCUT2D eigenvalue weighted by atomic mass is 9.66. The molecule has 0 amide bonds. The first-order valence-corrected chi connectivity index (χ1v) is 23.5. The zero-order valence-corrected chi connectivity index (χ0v) is 37.4. The van der Waals surface area contributed by atoms with E-state index in [0.717, 1.165) is 50.6 Å². The Bertz CT molecular complexity index is 3750. The number of fused-ring (bicyclic) bond motifs is 13. The lowest BCUT2D eigenvalue weighted by molar-refractivity contribution is 0.436. The summed E-state index contributed by atoms with van der Waals surface area (Å²) in [7, 11) is 0. The van der Waals surface area contributed by atoms with E-state index in [2.05, 4.69) is 248 Å². The van der Waals surface area contributed by atoms with Crippen LogP contribution < -0.4 is 15.8 Å². The molecule has 1 atom stereocenters. The number of ether oxygens (including phenoxy) is 1. The maximum absolute atomic E-state index is 7.32. The van der Waals surface area contributed by atoms with Gasteiger partial charge in [-0.2, -0.15) is 0 Å². The van der Waals surface area contributed by atoms with E-state index < -0.39 is 11.6 Å². The third-order valence-electron chi connectivity index (χ3n) is 14.4. The van der Waals surface area contributed by atoms with Crippen LogP contribution in [0.25, 0.3) is 71.4 Å². The molecule has 1 unspecified atom stereocenters. The largest absolute Gasteiger partial charge is 0.457 e. The third-order valence-corrected chi connectivity index (χ3v) is 14.4. The molecule has 2 aliphatic rings. The number of nitrogens with one attached hydrogen (secondary N) is 1. The van der Waals surface area contributed by atoms with Crippen molar-refractivity contribution in [1.82, 2.24) is 5.32 Å². The molecule has 1 spiro atoms. The first-order chi connectivity index (χ1) is 33.6. The van der Waals surface area contributed by atoms with Crippen molar-refractivity contribution >= 4 is 38.0 Å². The van der Waals surface area contributed by atoms with Crippen molar-refractivity contribution in [3.63, 3.8) is 0 Å². The smallest absolute Gasteiger partial charge is 0.132 e. The molecule has 0 bridgehead atoms. The van der Waals surface area contributed by atoms with Gasteiger partial charge in [0.25, 0.3) is 0 Å². The van der Waals surface area contributed by atoms with E-state index >= 15 is 0 Å². The van der Waals surface area contributed by atoms with Gasteiger partial charge in [-0.05, 0) is 130 Å². The van der Waals surface area contributed by atoms with Gasteiger partial charge in [0.1, 0.15) is 17.7 Å². The molecule has 1 aliphatic carbocycles. The van der Waals surface area contributed by atoms with Crippen LogP contribution in [0.2, 0.25) is 0 Å². The van der Waals surface area contributed by atoms with Gasteiger partial charge < -0.3 is 15.8 Å². The van der Waals surface area contributed by atoms with Gasteiger partial charge in [-0.15, -0.1) is 0 Å². The van der Waals surface area contributed by atoms with Gasteiger partial charge in [0.2, 0.25) is 0 Å². The first-order valence-electron chi connectivity index (χ1n) is 23.5. The highest BCUT2D eigenvalue weighted by Crippen LogP contribution is 2.62. The number of rotatable bonds is 8. The Labute approximate surface area is 396 Å². The fourth-order valence-corrected chi connectivity index (χ4v) is 11.3. The summed E-state index contributed by atoms with van der Waals surface area (Å²) in [5.74, 6) is 1.72. The molecular formula is C65H46N2O. The van der Waals surface area contributed by atoms with Crippen LogP contribution in [0.3, 0.4) is 0 Å². The summed E-state index contributed by atoms with van der Waals surface area (Å²) >= 11 is 0. The average molecular weight is 871 g/mol. The standard InChI is InChI=1S/C65H46N2O/c66-64(54-25-9-8-20-48(54)43-16-2-1-3-17-43)67-60(38-32-42-30-33-45(34-31-42)63-50-22-7-5-19-46(50)40-55-49-21-6-4-18-44(49)35-37-53(55)63)47-36-39-62-59(41-47)65(58-28-14-15-29-61(58)68-62)56-26-12-10-23-51(56)52-24-11-13-27-57(52)65/h1-31,33-41,64,67H,32,66H2/b60-38-. The van der Waals surface area contributed by atoms with Crippen molar-refractivity contribution in [2.24, 2.45) is 5.73 Å². The lowest BCUT2D eigenvalue weighted by Gasteiger charge is -2.39. The zero-order valence-electron chi connectivity index (χ0n) is 37.4. The Morgan fingerprint density at radius 1 is 0.456 bits per heavy atom. The summed E-state index contributed by atoms with van der Waals surface area (Å²) < 4.78 is 6.83. The average Bonchev–Trinajstić information content (AvgIpc) is 3.70. The van der Waals surface area contributed by atoms with Gasteiger partial charge in [-0.3, -0.25) is 0 Å². The van der Waals surface area contributed by atoms with Gasteiger partial charge in [-0.25, -0.2) is 0 Å². The lowest BCUT2D eigenvalue weighted by Crippen LogP contribution is -2.32. The number of benzene rings is 11. The molecule has 0 aromatic heterocycles. The van der Waals surface area contributed by atoms with Crippen LogP contribution in [0.1, 0.15) is 45.1 Å². The van der Waals surface area contributed by atoms with E-state index in [1.54, 1.807) is 0 Å². The molecule has 0 fully saturated rings. The predicted molar refractivity (Wildman–Crippen MR) is 282 cm³/mol. The molecule has 3 heteroatoms. The predicted octanol–water partition coefficient (Wildman–Crippen LogP) is 15.8. The molecule has 3 nitrogen and oxygen atoms in total. The van der Waals surface area contributed by atoms with Crippen LogP contribution in [0.4, 0.5) is 0 Å². The van der Waals surface area contributed by atoms with Crippen LogP contribution in [0, 0.1) is 0 Å². The fourth-order valence-electron chi connectivity index (χ4n) is 11.3. The van der Waals surface area contributed by atoms with Crippen LogP contribution in [0.5, 0.6) is 11.5 Å². The van der Waals surface area contributed by atoms with Gasteiger partial charge in [0.05, 0.1) is 5.41 Å². The first kappa shape index (κ1) is 39.8. The Morgan fingerprint density at radius 2 is 1.07 bits per heavy atom. The van der Waals surface area contributed by atoms with Crippen molar-refractivity contribution in [1.29, 1.82) is 0 Å². The van der Waals surface area contributed by atoms with E-state index in [1.165, 1.54) is 71.3 Å². The highest BCUT2D eigenvalue weighted by molar-refractivity contribution is 6.20.